The summed E-state index contributed by atoms with van der Waals surface area (Å²) in [5, 5.41) is 0.985. The van der Waals surface area contributed by atoms with Gasteiger partial charge in [-0.15, -0.1) is 0 Å². The van der Waals surface area contributed by atoms with Crippen LogP contribution in [0.4, 0.5) is 15.9 Å². The van der Waals surface area contributed by atoms with Gasteiger partial charge < -0.3 is 9.32 Å². The van der Waals surface area contributed by atoms with Crippen molar-refractivity contribution < 1.29 is 13.7 Å². The van der Waals surface area contributed by atoms with E-state index in [1.807, 2.05) is 66.7 Å². The number of aromatic nitrogens is 2. The molecule has 2 aromatic heterocycles. The highest BCUT2D eigenvalue weighted by molar-refractivity contribution is 6.06. The summed E-state index contributed by atoms with van der Waals surface area (Å²) < 4.78 is 20.5. The van der Waals surface area contributed by atoms with Crippen molar-refractivity contribution in [2.24, 2.45) is 0 Å². The Bertz CT molecular complexity index is 1410. The van der Waals surface area contributed by atoms with Crippen molar-refractivity contribution in [2.75, 3.05) is 31.1 Å². The highest BCUT2D eigenvalue weighted by Crippen LogP contribution is 2.34. The molecule has 0 unspecified atom stereocenters. The molecular weight excluding hydrogens is 403 g/mol. The van der Waals surface area contributed by atoms with Gasteiger partial charge in [0.25, 0.3) is 0 Å². The Morgan fingerprint density at radius 1 is 0.812 bits per heavy atom. The number of quaternary nitrogens is 1. The number of nitrogens with one attached hydrogen (secondary N) is 1. The standard InChI is InChI=1S/C26H21FN4O/c27-20-11-5-6-12-21(20)30-14-16-31(17-15-30)26-24-23(19-10-4-7-13-22(19)32-24)28-25(29-26)18-8-2-1-3-9-18/h1-13H,14-17H2/p+1. The van der Waals surface area contributed by atoms with Gasteiger partial charge in [-0.3, -0.25) is 4.90 Å². The second-order valence-corrected chi connectivity index (χ2v) is 8.08. The number of anilines is 1. The fourth-order valence-corrected chi connectivity index (χ4v) is 4.51. The van der Waals surface area contributed by atoms with Crippen LogP contribution in [0.2, 0.25) is 0 Å². The van der Waals surface area contributed by atoms with Crippen molar-refractivity contribution >= 4 is 33.6 Å². The molecule has 0 spiro atoms. The molecule has 5 nitrogen and oxygen atoms in total. The first-order valence-corrected chi connectivity index (χ1v) is 10.9. The average Bonchev–Trinajstić information content (AvgIpc) is 3.23. The van der Waals surface area contributed by atoms with Crippen LogP contribution < -0.4 is 9.80 Å². The number of rotatable bonds is 3. The zero-order valence-electron chi connectivity index (χ0n) is 17.5. The predicted molar refractivity (Wildman–Crippen MR) is 124 cm³/mol. The summed E-state index contributed by atoms with van der Waals surface area (Å²) in [5.74, 6) is 1.34. The molecular formula is C26H22FN4O+. The van der Waals surface area contributed by atoms with E-state index in [0.717, 1.165) is 64.6 Å². The molecule has 1 saturated heterocycles. The normalized spacial score (nSPS) is 15.0. The van der Waals surface area contributed by atoms with Gasteiger partial charge in [0.05, 0.1) is 26.2 Å². The van der Waals surface area contributed by atoms with Gasteiger partial charge in [-0.25, -0.2) is 14.4 Å². The van der Waals surface area contributed by atoms with Gasteiger partial charge in [0.2, 0.25) is 0 Å². The molecule has 3 aromatic carbocycles. The predicted octanol–water partition coefficient (Wildman–Crippen LogP) is 4.22. The van der Waals surface area contributed by atoms with E-state index < -0.39 is 0 Å². The first kappa shape index (κ1) is 19.0. The van der Waals surface area contributed by atoms with Crippen LogP contribution in [0.3, 0.4) is 0 Å². The van der Waals surface area contributed by atoms with E-state index in [1.165, 1.54) is 6.07 Å². The average molecular weight is 425 g/mol. The summed E-state index contributed by atoms with van der Waals surface area (Å²) in [6, 6.07) is 25.0. The fourth-order valence-electron chi connectivity index (χ4n) is 4.51. The maximum Gasteiger partial charge on any atom is 0.196 e. The third-order valence-electron chi connectivity index (χ3n) is 6.16. The van der Waals surface area contributed by atoms with E-state index in [0.29, 0.717) is 11.4 Å². The molecule has 1 aliphatic heterocycles. The first-order chi connectivity index (χ1) is 15.8. The fraction of sp³-hybridized carbons (Fsp3) is 0.154. The molecule has 0 saturated carbocycles. The number of furan rings is 1. The van der Waals surface area contributed by atoms with E-state index >= 15 is 0 Å². The van der Waals surface area contributed by atoms with Crippen molar-refractivity contribution in [3.8, 4) is 11.4 Å². The van der Waals surface area contributed by atoms with E-state index in [2.05, 4.69) is 4.90 Å². The molecule has 3 heterocycles. The second kappa shape index (κ2) is 7.73. The Balaban J connectivity index is 1.42. The van der Waals surface area contributed by atoms with E-state index in [9.17, 15) is 4.39 Å². The summed E-state index contributed by atoms with van der Waals surface area (Å²) >= 11 is 0. The van der Waals surface area contributed by atoms with Crippen molar-refractivity contribution in [3.05, 3.63) is 84.7 Å². The van der Waals surface area contributed by atoms with Crippen LogP contribution in [-0.2, 0) is 0 Å². The smallest absolute Gasteiger partial charge is 0.196 e. The van der Waals surface area contributed by atoms with Crippen molar-refractivity contribution in [1.29, 1.82) is 0 Å². The SMILES string of the molecule is Fc1ccccc1[NH+]1CCN(c2nc(-c3ccccc3)nc3c2oc2ccccc23)CC1. The third kappa shape index (κ3) is 3.20. The largest absolute Gasteiger partial charge is 0.450 e. The van der Waals surface area contributed by atoms with Crippen LogP contribution in [0, 0.1) is 5.82 Å². The topological polar surface area (TPSA) is 46.6 Å². The number of hydrogen-bond donors (Lipinski definition) is 1. The van der Waals surface area contributed by atoms with Crippen LogP contribution in [0.5, 0.6) is 0 Å². The molecule has 1 N–H and O–H groups in total. The Morgan fingerprint density at radius 3 is 2.34 bits per heavy atom. The van der Waals surface area contributed by atoms with Crippen LogP contribution in [-0.4, -0.2) is 36.1 Å². The summed E-state index contributed by atoms with van der Waals surface area (Å²) in [5.41, 5.74) is 4.04. The molecule has 0 bridgehead atoms. The summed E-state index contributed by atoms with van der Waals surface area (Å²) in [7, 11) is 0. The Hall–Kier alpha value is -3.77. The van der Waals surface area contributed by atoms with Gasteiger partial charge in [-0.2, -0.15) is 0 Å². The molecule has 0 aliphatic carbocycles. The maximum absolute atomic E-state index is 14.3. The number of nitrogens with zero attached hydrogens (tertiary/aromatic N) is 3. The van der Waals surface area contributed by atoms with Gasteiger partial charge >= 0.3 is 0 Å². The van der Waals surface area contributed by atoms with Crippen LogP contribution in [0.25, 0.3) is 33.5 Å². The van der Waals surface area contributed by atoms with Crippen molar-refractivity contribution in [1.82, 2.24) is 9.97 Å². The van der Waals surface area contributed by atoms with Gasteiger partial charge in [-0.1, -0.05) is 54.6 Å². The lowest BCUT2D eigenvalue weighted by atomic mass is 10.2. The molecule has 0 radical (unpaired) electrons. The number of benzene rings is 3. The maximum atomic E-state index is 14.3. The van der Waals surface area contributed by atoms with Crippen molar-refractivity contribution in [3.63, 3.8) is 0 Å². The third-order valence-corrected chi connectivity index (χ3v) is 6.16. The Labute approximate surface area is 184 Å². The molecule has 1 fully saturated rings. The highest BCUT2D eigenvalue weighted by Gasteiger charge is 2.28. The lowest BCUT2D eigenvalue weighted by molar-refractivity contribution is -0.834. The molecule has 158 valence electrons. The zero-order chi connectivity index (χ0) is 21.5. The van der Waals surface area contributed by atoms with Crippen molar-refractivity contribution in [2.45, 2.75) is 0 Å². The van der Waals surface area contributed by atoms with Crippen LogP contribution >= 0.6 is 0 Å². The molecule has 5 aromatic rings. The molecule has 0 atom stereocenters. The van der Waals surface area contributed by atoms with Gasteiger partial charge in [-0.05, 0) is 18.2 Å². The number of halogens is 1. The minimum atomic E-state index is -0.149. The van der Waals surface area contributed by atoms with Gasteiger partial charge in [0.1, 0.15) is 11.1 Å². The van der Waals surface area contributed by atoms with E-state index in [1.54, 1.807) is 6.07 Å². The van der Waals surface area contributed by atoms with Crippen LogP contribution in [0.15, 0.2) is 83.3 Å². The monoisotopic (exact) mass is 425 g/mol. The van der Waals surface area contributed by atoms with Gasteiger partial charge in [0, 0.05) is 17.0 Å². The van der Waals surface area contributed by atoms with E-state index in [4.69, 9.17) is 14.4 Å². The van der Waals surface area contributed by atoms with E-state index in [-0.39, 0.29) is 5.82 Å². The lowest BCUT2D eigenvalue weighted by Crippen LogP contribution is -3.10. The molecule has 6 heteroatoms. The number of para-hydroxylation sites is 2. The van der Waals surface area contributed by atoms with Crippen LogP contribution in [0.1, 0.15) is 0 Å². The first-order valence-electron chi connectivity index (χ1n) is 10.9. The highest BCUT2D eigenvalue weighted by atomic mass is 19.1. The number of piperazine rings is 1. The molecule has 0 amide bonds. The minimum Gasteiger partial charge on any atom is -0.450 e. The summed E-state index contributed by atoms with van der Waals surface area (Å²) in [6.45, 7) is 3.07. The summed E-state index contributed by atoms with van der Waals surface area (Å²) in [4.78, 5) is 13.2. The Kier molecular flexibility index (Phi) is 4.58. The van der Waals surface area contributed by atoms with Gasteiger partial charge in [0.15, 0.2) is 28.7 Å². The molecule has 6 rings (SSSR count). The molecule has 1 aliphatic rings. The second-order valence-electron chi connectivity index (χ2n) is 8.08. The number of hydrogen-bond acceptors (Lipinski definition) is 4. The zero-order valence-corrected chi connectivity index (χ0v) is 17.5. The molecule has 32 heavy (non-hydrogen) atoms. The minimum absolute atomic E-state index is 0.149. The summed E-state index contributed by atoms with van der Waals surface area (Å²) in [6.07, 6.45) is 0. The Morgan fingerprint density at radius 2 is 1.53 bits per heavy atom. The number of fused-ring (bicyclic) bond motifs is 3. The quantitative estimate of drug-likeness (QED) is 0.470. The lowest BCUT2D eigenvalue weighted by Gasteiger charge is -2.32.